The van der Waals surface area contributed by atoms with Gasteiger partial charge in [-0.05, 0) is 31.2 Å². The molecule has 1 amide bonds. The van der Waals surface area contributed by atoms with Gasteiger partial charge < -0.3 is 14.4 Å². The fourth-order valence-electron chi connectivity index (χ4n) is 2.72. The van der Waals surface area contributed by atoms with Crippen LogP contribution < -0.4 is 9.64 Å². The SMILES string of the molecule is CCOc1ccc(N(CCC#N)C(=O)COC(=O)CCC(=O)c2ccccc2)cc1. The number of esters is 1. The Morgan fingerprint density at radius 1 is 1.00 bits per heavy atom. The highest BCUT2D eigenvalue weighted by Crippen LogP contribution is 2.20. The molecule has 156 valence electrons. The molecule has 2 aromatic rings. The first-order valence-corrected chi connectivity index (χ1v) is 9.69. The second-order valence-electron chi connectivity index (χ2n) is 6.33. The molecule has 7 nitrogen and oxygen atoms in total. The molecule has 0 saturated heterocycles. The van der Waals surface area contributed by atoms with E-state index in [0.29, 0.717) is 23.6 Å². The number of amides is 1. The summed E-state index contributed by atoms with van der Waals surface area (Å²) in [6, 6.07) is 17.5. The first-order valence-electron chi connectivity index (χ1n) is 9.69. The van der Waals surface area contributed by atoms with Crippen LogP contribution in [0.5, 0.6) is 5.75 Å². The van der Waals surface area contributed by atoms with Gasteiger partial charge >= 0.3 is 5.97 Å². The van der Waals surface area contributed by atoms with Crippen LogP contribution in [0.25, 0.3) is 0 Å². The van der Waals surface area contributed by atoms with E-state index in [1.54, 1.807) is 54.6 Å². The third kappa shape index (κ3) is 7.06. The topological polar surface area (TPSA) is 96.7 Å². The van der Waals surface area contributed by atoms with E-state index in [-0.39, 0.29) is 31.6 Å². The molecule has 0 aromatic heterocycles. The van der Waals surface area contributed by atoms with Gasteiger partial charge in [0.1, 0.15) is 5.75 Å². The molecule has 0 heterocycles. The molecule has 0 fully saturated rings. The Morgan fingerprint density at radius 2 is 1.70 bits per heavy atom. The fourth-order valence-corrected chi connectivity index (χ4v) is 2.72. The third-order valence-corrected chi connectivity index (χ3v) is 4.22. The molecule has 0 aliphatic heterocycles. The lowest BCUT2D eigenvalue weighted by Crippen LogP contribution is -2.35. The van der Waals surface area contributed by atoms with Gasteiger partial charge in [-0.1, -0.05) is 30.3 Å². The van der Waals surface area contributed by atoms with E-state index in [1.807, 2.05) is 13.0 Å². The molecule has 0 atom stereocenters. The van der Waals surface area contributed by atoms with E-state index < -0.39 is 18.5 Å². The summed E-state index contributed by atoms with van der Waals surface area (Å²) in [5, 5.41) is 8.87. The zero-order valence-electron chi connectivity index (χ0n) is 16.9. The predicted molar refractivity (Wildman–Crippen MR) is 111 cm³/mol. The number of carbonyl (C=O) groups excluding carboxylic acids is 3. The predicted octanol–water partition coefficient (Wildman–Crippen LogP) is 3.54. The number of ketones is 1. The van der Waals surface area contributed by atoms with Gasteiger partial charge in [0.05, 0.1) is 25.5 Å². The van der Waals surface area contributed by atoms with Crippen LogP contribution in [0.1, 0.15) is 36.5 Å². The Hall–Kier alpha value is -3.66. The molecule has 0 saturated carbocycles. The summed E-state index contributed by atoms with van der Waals surface area (Å²) < 4.78 is 10.4. The molecule has 0 aliphatic rings. The van der Waals surface area contributed by atoms with Crippen molar-refractivity contribution >= 4 is 23.3 Å². The molecule has 2 aromatic carbocycles. The van der Waals surface area contributed by atoms with E-state index in [2.05, 4.69) is 0 Å². The Labute approximate surface area is 175 Å². The van der Waals surface area contributed by atoms with Gasteiger partial charge in [0.15, 0.2) is 12.4 Å². The Morgan fingerprint density at radius 3 is 2.33 bits per heavy atom. The summed E-state index contributed by atoms with van der Waals surface area (Å²) in [4.78, 5) is 38.0. The van der Waals surface area contributed by atoms with Crippen molar-refractivity contribution in [1.29, 1.82) is 5.26 Å². The van der Waals surface area contributed by atoms with Gasteiger partial charge in [-0.15, -0.1) is 0 Å². The number of rotatable bonds is 11. The van der Waals surface area contributed by atoms with Crippen molar-refractivity contribution in [3.63, 3.8) is 0 Å². The number of nitrogens with zero attached hydrogens (tertiary/aromatic N) is 2. The maximum absolute atomic E-state index is 12.6. The summed E-state index contributed by atoms with van der Waals surface area (Å²) in [5.41, 5.74) is 1.11. The Kier molecular flexibility index (Phi) is 9.07. The fraction of sp³-hybridized carbons (Fsp3) is 0.304. The smallest absolute Gasteiger partial charge is 0.306 e. The van der Waals surface area contributed by atoms with Gasteiger partial charge in [0.25, 0.3) is 5.91 Å². The number of anilines is 1. The van der Waals surface area contributed by atoms with Gasteiger partial charge in [-0.2, -0.15) is 5.26 Å². The minimum Gasteiger partial charge on any atom is -0.494 e. The molecule has 2 rings (SSSR count). The van der Waals surface area contributed by atoms with Crippen molar-refractivity contribution < 1.29 is 23.9 Å². The summed E-state index contributed by atoms with van der Waals surface area (Å²) in [6.45, 7) is 2.11. The molecule has 0 N–H and O–H groups in total. The monoisotopic (exact) mass is 408 g/mol. The third-order valence-electron chi connectivity index (χ3n) is 4.22. The van der Waals surface area contributed by atoms with E-state index in [9.17, 15) is 14.4 Å². The van der Waals surface area contributed by atoms with Gasteiger partial charge in [0, 0.05) is 24.2 Å². The van der Waals surface area contributed by atoms with Crippen LogP contribution >= 0.6 is 0 Å². The summed E-state index contributed by atoms with van der Waals surface area (Å²) in [6.07, 6.45) is 0.0365. The molecule has 0 spiro atoms. The normalized spacial score (nSPS) is 10.0. The number of nitriles is 1. The highest BCUT2D eigenvalue weighted by molar-refractivity contribution is 5.98. The minimum absolute atomic E-state index is 0.00801. The first kappa shape index (κ1) is 22.6. The highest BCUT2D eigenvalue weighted by Gasteiger charge is 2.18. The molecular formula is C23H24N2O5. The standard InChI is InChI=1S/C23H24N2O5/c1-2-29-20-11-9-19(10-12-20)25(16-6-15-24)22(27)17-30-23(28)14-13-21(26)18-7-4-3-5-8-18/h3-5,7-12H,2,6,13-14,16-17H2,1H3. The van der Waals surface area contributed by atoms with E-state index >= 15 is 0 Å². The lowest BCUT2D eigenvalue weighted by atomic mass is 10.1. The summed E-state index contributed by atoms with van der Waals surface area (Å²) >= 11 is 0. The molecule has 0 unspecified atom stereocenters. The van der Waals surface area contributed by atoms with Crippen molar-refractivity contribution in [3.05, 3.63) is 60.2 Å². The minimum atomic E-state index is -0.625. The highest BCUT2D eigenvalue weighted by atomic mass is 16.5. The largest absolute Gasteiger partial charge is 0.494 e. The van der Waals surface area contributed by atoms with Crippen molar-refractivity contribution in [1.82, 2.24) is 0 Å². The van der Waals surface area contributed by atoms with Gasteiger partial charge in [0.2, 0.25) is 0 Å². The van der Waals surface area contributed by atoms with E-state index in [0.717, 1.165) is 0 Å². The summed E-state index contributed by atoms with van der Waals surface area (Å²) in [5.74, 6) is -0.566. The molecule has 0 radical (unpaired) electrons. The van der Waals surface area contributed by atoms with Crippen molar-refractivity contribution in [2.45, 2.75) is 26.2 Å². The number of ether oxygens (including phenoxy) is 2. The lowest BCUT2D eigenvalue weighted by molar-refractivity contribution is -0.147. The average molecular weight is 408 g/mol. The van der Waals surface area contributed by atoms with Crippen molar-refractivity contribution in [2.75, 3.05) is 24.7 Å². The molecule has 0 bridgehead atoms. The first-order chi connectivity index (χ1) is 14.5. The van der Waals surface area contributed by atoms with Crippen LogP contribution in [0.2, 0.25) is 0 Å². The van der Waals surface area contributed by atoms with E-state index in [4.69, 9.17) is 14.7 Å². The van der Waals surface area contributed by atoms with E-state index in [1.165, 1.54) is 4.90 Å². The van der Waals surface area contributed by atoms with Crippen LogP contribution in [0.15, 0.2) is 54.6 Å². The lowest BCUT2D eigenvalue weighted by Gasteiger charge is -2.22. The maximum atomic E-state index is 12.6. The second-order valence-corrected chi connectivity index (χ2v) is 6.33. The second kappa shape index (κ2) is 12.0. The van der Waals surface area contributed by atoms with Crippen molar-refractivity contribution in [2.24, 2.45) is 0 Å². The van der Waals surface area contributed by atoms with Crippen LogP contribution in [0, 0.1) is 11.3 Å². The number of benzene rings is 2. The number of hydrogen-bond acceptors (Lipinski definition) is 6. The van der Waals surface area contributed by atoms with Crippen LogP contribution in [0.3, 0.4) is 0 Å². The summed E-state index contributed by atoms with van der Waals surface area (Å²) in [7, 11) is 0. The zero-order chi connectivity index (χ0) is 21.8. The number of Topliss-reactive ketones (excluding diaryl/α,β-unsaturated/α-hetero) is 1. The average Bonchev–Trinajstić information content (AvgIpc) is 2.78. The quantitative estimate of drug-likeness (QED) is 0.417. The van der Waals surface area contributed by atoms with Crippen LogP contribution in [-0.2, 0) is 14.3 Å². The Bertz CT molecular complexity index is 888. The van der Waals surface area contributed by atoms with Crippen LogP contribution in [0.4, 0.5) is 5.69 Å². The van der Waals surface area contributed by atoms with Gasteiger partial charge in [-0.25, -0.2) is 0 Å². The molecule has 0 aliphatic carbocycles. The molecule has 7 heteroatoms. The number of carbonyl (C=O) groups is 3. The maximum Gasteiger partial charge on any atom is 0.306 e. The van der Waals surface area contributed by atoms with Gasteiger partial charge in [-0.3, -0.25) is 14.4 Å². The molecular weight excluding hydrogens is 384 g/mol. The molecule has 30 heavy (non-hydrogen) atoms. The Balaban J connectivity index is 1.89. The number of hydrogen-bond donors (Lipinski definition) is 0. The van der Waals surface area contributed by atoms with Crippen molar-refractivity contribution in [3.8, 4) is 11.8 Å². The van der Waals surface area contributed by atoms with Crippen LogP contribution in [-0.4, -0.2) is 37.4 Å². The zero-order valence-corrected chi connectivity index (χ0v) is 16.9.